The zero-order chi connectivity index (χ0) is 18.7. The largest absolute Gasteiger partial charge is 0.369 e. The summed E-state index contributed by atoms with van der Waals surface area (Å²) in [7, 11) is 0. The van der Waals surface area contributed by atoms with Gasteiger partial charge in [-0.2, -0.15) is 0 Å². The highest BCUT2D eigenvalue weighted by Crippen LogP contribution is 2.27. The second-order valence-electron chi connectivity index (χ2n) is 6.70. The van der Waals surface area contributed by atoms with Gasteiger partial charge in [0.05, 0.1) is 11.2 Å². The predicted octanol–water partition coefficient (Wildman–Crippen LogP) is 2.39. The Morgan fingerprint density at radius 3 is 2.92 bits per heavy atom. The van der Waals surface area contributed by atoms with Crippen molar-refractivity contribution in [3.05, 3.63) is 42.2 Å². The van der Waals surface area contributed by atoms with Crippen molar-refractivity contribution < 1.29 is 9.59 Å². The molecule has 6 nitrogen and oxygen atoms in total. The van der Waals surface area contributed by atoms with Gasteiger partial charge in [0.2, 0.25) is 11.8 Å². The number of hydrogen-bond acceptors (Lipinski definition) is 4. The third-order valence-electron chi connectivity index (χ3n) is 4.65. The van der Waals surface area contributed by atoms with E-state index in [1.807, 2.05) is 42.8 Å². The fourth-order valence-corrected chi connectivity index (χ4v) is 4.19. The summed E-state index contributed by atoms with van der Waals surface area (Å²) in [5.41, 5.74) is 7.61. The van der Waals surface area contributed by atoms with Crippen LogP contribution in [0.4, 0.5) is 0 Å². The van der Waals surface area contributed by atoms with Crippen LogP contribution in [0.15, 0.2) is 41.8 Å². The van der Waals surface area contributed by atoms with Crippen molar-refractivity contribution in [3.63, 3.8) is 0 Å². The molecule has 0 aliphatic carbocycles. The number of carbonyl (C=O) groups is 2. The molecule has 1 saturated heterocycles. The van der Waals surface area contributed by atoms with E-state index in [9.17, 15) is 9.59 Å². The van der Waals surface area contributed by atoms with E-state index in [1.54, 1.807) is 11.1 Å². The summed E-state index contributed by atoms with van der Waals surface area (Å²) < 4.78 is 1.99. The minimum Gasteiger partial charge on any atom is -0.369 e. The Labute approximate surface area is 157 Å². The Hall–Kier alpha value is -2.28. The molecule has 1 aliphatic heterocycles. The molecule has 0 spiro atoms. The molecule has 138 valence electrons. The topological polar surface area (TPSA) is 81.2 Å². The first kappa shape index (κ1) is 18.5. The number of piperidine rings is 1. The lowest BCUT2D eigenvalue weighted by Crippen LogP contribution is -2.46. The second-order valence-corrected chi connectivity index (χ2v) is 8.01. The van der Waals surface area contributed by atoms with E-state index in [4.69, 9.17) is 5.73 Å². The van der Waals surface area contributed by atoms with E-state index in [0.29, 0.717) is 13.1 Å². The quantitative estimate of drug-likeness (QED) is 0.817. The van der Waals surface area contributed by atoms with Gasteiger partial charge in [-0.25, -0.2) is 4.98 Å². The van der Waals surface area contributed by atoms with Gasteiger partial charge in [0.15, 0.2) is 5.16 Å². The fraction of sp³-hybridized carbons (Fsp3) is 0.421. The molecular weight excluding hydrogens is 348 g/mol. The van der Waals surface area contributed by atoms with Crippen LogP contribution < -0.4 is 5.73 Å². The van der Waals surface area contributed by atoms with Crippen LogP contribution in [0.2, 0.25) is 0 Å². The summed E-state index contributed by atoms with van der Waals surface area (Å²) in [4.78, 5) is 30.4. The smallest absolute Gasteiger partial charge is 0.235 e. The molecule has 26 heavy (non-hydrogen) atoms. The van der Waals surface area contributed by atoms with E-state index in [0.717, 1.165) is 23.7 Å². The summed E-state index contributed by atoms with van der Waals surface area (Å²) in [5.74, 6) is -0.531. The van der Waals surface area contributed by atoms with E-state index in [-0.39, 0.29) is 23.0 Å². The van der Waals surface area contributed by atoms with Gasteiger partial charge >= 0.3 is 0 Å². The van der Waals surface area contributed by atoms with Crippen LogP contribution >= 0.6 is 11.8 Å². The van der Waals surface area contributed by atoms with Gasteiger partial charge in [0, 0.05) is 31.2 Å². The molecular formula is C19H24N4O2S. The summed E-state index contributed by atoms with van der Waals surface area (Å²) >= 11 is 1.43. The molecule has 2 aromatic rings. The van der Waals surface area contributed by atoms with Crippen molar-refractivity contribution >= 4 is 23.6 Å². The fourth-order valence-electron chi connectivity index (χ4n) is 3.23. The maximum Gasteiger partial charge on any atom is 0.235 e. The molecule has 1 aliphatic rings. The Bertz CT molecular complexity index is 804. The molecule has 0 bridgehead atoms. The number of rotatable bonds is 5. The molecule has 0 radical (unpaired) electrons. The second kappa shape index (κ2) is 7.95. The lowest BCUT2D eigenvalue weighted by atomic mass is 9.97. The highest BCUT2D eigenvalue weighted by molar-refractivity contribution is 8.00. The Kier molecular flexibility index (Phi) is 5.66. The Morgan fingerprint density at radius 2 is 2.19 bits per heavy atom. The first-order valence-corrected chi connectivity index (χ1v) is 9.69. The molecule has 2 amide bonds. The number of likely N-dealkylation sites (tertiary alicyclic amines) is 1. The molecule has 3 rings (SSSR count). The normalized spacial score (nSPS) is 18.5. The number of aromatic nitrogens is 2. The Morgan fingerprint density at radius 1 is 1.38 bits per heavy atom. The van der Waals surface area contributed by atoms with Crippen LogP contribution in [0.25, 0.3) is 5.69 Å². The molecule has 2 atom stereocenters. The lowest BCUT2D eigenvalue weighted by Gasteiger charge is -2.32. The number of aryl methyl sites for hydroxylation is 1. The van der Waals surface area contributed by atoms with Crippen molar-refractivity contribution in [1.29, 1.82) is 0 Å². The van der Waals surface area contributed by atoms with Crippen molar-refractivity contribution in [3.8, 4) is 5.69 Å². The highest BCUT2D eigenvalue weighted by Gasteiger charge is 2.30. The van der Waals surface area contributed by atoms with Gasteiger partial charge in [-0.15, -0.1) is 0 Å². The molecule has 2 unspecified atom stereocenters. The van der Waals surface area contributed by atoms with Gasteiger partial charge in [0.25, 0.3) is 0 Å². The first-order valence-electron chi connectivity index (χ1n) is 8.81. The minimum atomic E-state index is -0.321. The molecule has 1 aromatic heterocycles. The number of thioether (sulfide) groups is 1. The number of imidazole rings is 1. The summed E-state index contributed by atoms with van der Waals surface area (Å²) in [6, 6.07) is 8.16. The predicted molar refractivity (Wildman–Crippen MR) is 102 cm³/mol. The van der Waals surface area contributed by atoms with Crippen molar-refractivity contribution in [2.75, 3.05) is 13.1 Å². The standard InChI is InChI=1S/C19H24N4O2S/c1-13-5-3-7-16(11-13)23-10-8-21-19(23)26-14(2)18(25)22-9-4-6-15(12-22)17(20)24/h3,5,7-8,10-11,14-15H,4,6,9,12H2,1-2H3,(H2,20,24). The average molecular weight is 372 g/mol. The van der Waals surface area contributed by atoms with E-state index in [2.05, 4.69) is 11.1 Å². The number of benzene rings is 1. The number of primary amides is 1. The van der Waals surface area contributed by atoms with Crippen molar-refractivity contribution in [1.82, 2.24) is 14.5 Å². The molecule has 1 fully saturated rings. The number of hydrogen-bond donors (Lipinski definition) is 1. The van der Waals surface area contributed by atoms with Crippen molar-refractivity contribution in [2.45, 2.75) is 37.1 Å². The van der Waals surface area contributed by atoms with Crippen LogP contribution in [0.1, 0.15) is 25.3 Å². The van der Waals surface area contributed by atoms with Crippen LogP contribution in [0, 0.1) is 12.8 Å². The third kappa shape index (κ3) is 4.09. The summed E-state index contributed by atoms with van der Waals surface area (Å²) in [6.45, 7) is 5.03. The molecule has 2 heterocycles. The van der Waals surface area contributed by atoms with Crippen LogP contribution in [0.5, 0.6) is 0 Å². The highest BCUT2D eigenvalue weighted by atomic mass is 32.2. The SMILES string of the molecule is Cc1cccc(-n2ccnc2SC(C)C(=O)N2CCCC(C(N)=O)C2)c1. The average Bonchev–Trinajstić information content (AvgIpc) is 3.09. The molecule has 2 N–H and O–H groups in total. The zero-order valence-electron chi connectivity index (χ0n) is 15.1. The number of carbonyl (C=O) groups excluding carboxylic acids is 2. The van der Waals surface area contributed by atoms with Gasteiger partial charge in [-0.1, -0.05) is 23.9 Å². The van der Waals surface area contributed by atoms with Crippen LogP contribution in [-0.2, 0) is 9.59 Å². The molecule has 7 heteroatoms. The minimum absolute atomic E-state index is 0.0275. The number of nitrogens with zero attached hydrogens (tertiary/aromatic N) is 3. The van der Waals surface area contributed by atoms with Crippen molar-refractivity contribution in [2.24, 2.45) is 11.7 Å². The zero-order valence-corrected chi connectivity index (χ0v) is 15.9. The first-order chi connectivity index (χ1) is 12.5. The number of amides is 2. The van der Waals surface area contributed by atoms with E-state index >= 15 is 0 Å². The molecule has 1 aromatic carbocycles. The van der Waals surface area contributed by atoms with Gasteiger partial charge in [-0.05, 0) is 44.4 Å². The number of nitrogens with two attached hydrogens (primary N) is 1. The van der Waals surface area contributed by atoms with Crippen LogP contribution in [-0.4, -0.2) is 44.6 Å². The summed E-state index contributed by atoms with van der Waals surface area (Å²) in [6.07, 6.45) is 5.22. The van der Waals surface area contributed by atoms with Gasteiger partial charge in [0.1, 0.15) is 0 Å². The van der Waals surface area contributed by atoms with Gasteiger partial charge < -0.3 is 10.6 Å². The monoisotopic (exact) mass is 372 g/mol. The van der Waals surface area contributed by atoms with Crippen LogP contribution in [0.3, 0.4) is 0 Å². The maximum absolute atomic E-state index is 12.8. The van der Waals surface area contributed by atoms with E-state index < -0.39 is 0 Å². The lowest BCUT2D eigenvalue weighted by molar-refractivity contribution is -0.134. The van der Waals surface area contributed by atoms with E-state index in [1.165, 1.54) is 17.3 Å². The summed E-state index contributed by atoms with van der Waals surface area (Å²) in [5, 5.41) is 0.493. The third-order valence-corrected chi connectivity index (χ3v) is 5.72. The molecule has 0 saturated carbocycles. The maximum atomic E-state index is 12.8. The van der Waals surface area contributed by atoms with Gasteiger partial charge in [-0.3, -0.25) is 14.2 Å². The Balaban J connectivity index is 1.70.